The van der Waals surface area contributed by atoms with E-state index in [2.05, 4.69) is 31.2 Å². The Balaban J connectivity index is 2.50. The van der Waals surface area contributed by atoms with E-state index < -0.39 is 0 Å². The Morgan fingerprint density at radius 1 is 1.35 bits per heavy atom. The highest BCUT2D eigenvalue weighted by molar-refractivity contribution is 9.10. The van der Waals surface area contributed by atoms with E-state index in [-0.39, 0.29) is 6.10 Å². The van der Waals surface area contributed by atoms with Gasteiger partial charge in [0.25, 0.3) is 0 Å². The van der Waals surface area contributed by atoms with E-state index in [1.807, 2.05) is 20.8 Å². The fourth-order valence-corrected chi connectivity index (χ4v) is 1.63. The molecule has 6 heteroatoms. The Hall–Kier alpha value is -0.880. The maximum absolute atomic E-state index is 5.51. The summed E-state index contributed by atoms with van der Waals surface area (Å²) in [6.07, 6.45) is 1.69. The van der Waals surface area contributed by atoms with Gasteiger partial charge in [0.2, 0.25) is 5.88 Å². The maximum atomic E-state index is 5.51. The van der Waals surface area contributed by atoms with E-state index >= 15 is 0 Å². The highest BCUT2D eigenvalue weighted by Gasteiger charge is 2.08. The number of anilines is 1. The fraction of sp³-hybridized carbons (Fsp3) is 0.636. The molecule has 0 amide bonds. The number of hydrogen-bond donors (Lipinski definition) is 1. The molecule has 1 rings (SSSR count). The molecule has 1 heterocycles. The highest BCUT2D eigenvalue weighted by Crippen LogP contribution is 2.28. The molecule has 0 fully saturated rings. The minimum atomic E-state index is 0.213. The second kappa shape index (κ2) is 7.45. The number of ether oxygens (including phenoxy) is 2. The van der Waals surface area contributed by atoms with Crippen LogP contribution in [0, 0.1) is 0 Å². The molecule has 1 aromatic heterocycles. The number of hydrogen-bond acceptors (Lipinski definition) is 5. The van der Waals surface area contributed by atoms with Gasteiger partial charge in [-0.05, 0) is 36.7 Å². The zero-order valence-electron chi connectivity index (χ0n) is 10.4. The zero-order valence-corrected chi connectivity index (χ0v) is 12.0. The fourth-order valence-electron chi connectivity index (χ4n) is 1.17. The lowest BCUT2D eigenvalue weighted by Gasteiger charge is -2.11. The lowest BCUT2D eigenvalue weighted by atomic mass is 10.5. The van der Waals surface area contributed by atoms with Crippen LogP contribution >= 0.6 is 15.9 Å². The molecule has 96 valence electrons. The van der Waals surface area contributed by atoms with Crippen molar-refractivity contribution in [3.8, 4) is 5.88 Å². The molecule has 0 radical (unpaired) electrons. The first-order valence-corrected chi connectivity index (χ1v) is 6.43. The number of halogens is 1. The maximum Gasteiger partial charge on any atom is 0.233 e. The quantitative estimate of drug-likeness (QED) is 0.784. The molecule has 0 saturated carbocycles. The van der Waals surface area contributed by atoms with E-state index in [4.69, 9.17) is 9.47 Å². The Kier molecular flexibility index (Phi) is 6.21. The van der Waals surface area contributed by atoms with Gasteiger partial charge in [-0.3, -0.25) is 0 Å². The van der Waals surface area contributed by atoms with Crippen LogP contribution in [0.1, 0.15) is 20.8 Å². The van der Waals surface area contributed by atoms with Crippen LogP contribution in [0.2, 0.25) is 0 Å². The Bertz CT molecular complexity index is 347. The van der Waals surface area contributed by atoms with Gasteiger partial charge >= 0.3 is 0 Å². The smallest absolute Gasteiger partial charge is 0.233 e. The van der Waals surface area contributed by atoms with Gasteiger partial charge in [-0.1, -0.05) is 0 Å². The molecule has 0 spiro atoms. The second-order valence-corrected chi connectivity index (χ2v) is 4.43. The highest BCUT2D eigenvalue weighted by atomic mass is 79.9. The number of aromatic nitrogens is 2. The molecule has 0 aliphatic carbocycles. The molecule has 0 bridgehead atoms. The zero-order chi connectivity index (χ0) is 12.7. The molecule has 5 nitrogen and oxygen atoms in total. The van der Waals surface area contributed by atoms with Crippen LogP contribution in [0.15, 0.2) is 10.8 Å². The summed E-state index contributed by atoms with van der Waals surface area (Å²) in [5, 5.41) is 3.12. The predicted molar refractivity (Wildman–Crippen MR) is 70.5 cm³/mol. The minimum absolute atomic E-state index is 0.213. The van der Waals surface area contributed by atoms with Crippen molar-refractivity contribution >= 4 is 21.7 Å². The summed E-state index contributed by atoms with van der Waals surface area (Å²) in [7, 11) is 0. The van der Waals surface area contributed by atoms with Crippen LogP contribution in [0.4, 0.5) is 5.82 Å². The van der Waals surface area contributed by atoms with Crippen molar-refractivity contribution in [1.29, 1.82) is 0 Å². The van der Waals surface area contributed by atoms with Gasteiger partial charge in [-0.25, -0.2) is 9.97 Å². The van der Waals surface area contributed by atoms with Crippen molar-refractivity contribution in [3.63, 3.8) is 0 Å². The van der Waals surface area contributed by atoms with Gasteiger partial charge in [0.05, 0.1) is 12.7 Å². The molecule has 0 saturated heterocycles. The van der Waals surface area contributed by atoms with Crippen molar-refractivity contribution in [2.24, 2.45) is 0 Å². The van der Waals surface area contributed by atoms with Gasteiger partial charge < -0.3 is 14.8 Å². The minimum Gasteiger partial charge on any atom is -0.474 e. The van der Waals surface area contributed by atoms with Gasteiger partial charge in [0, 0.05) is 6.54 Å². The normalized spacial score (nSPS) is 10.6. The topological polar surface area (TPSA) is 56.3 Å². The van der Waals surface area contributed by atoms with E-state index in [1.54, 1.807) is 0 Å². The molecular weight excluding hydrogens is 286 g/mol. The SMILES string of the molecule is CCNc1ncnc(OCCOC(C)C)c1Br. The summed E-state index contributed by atoms with van der Waals surface area (Å²) in [6, 6.07) is 0. The summed E-state index contributed by atoms with van der Waals surface area (Å²) in [6.45, 7) is 7.80. The molecular formula is C11H18BrN3O2. The van der Waals surface area contributed by atoms with Crippen LogP contribution in [0.25, 0.3) is 0 Å². The first-order chi connectivity index (χ1) is 8.15. The summed E-state index contributed by atoms with van der Waals surface area (Å²) in [5.74, 6) is 1.27. The average Bonchev–Trinajstić information content (AvgIpc) is 2.29. The van der Waals surface area contributed by atoms with E-state index in [9.17, 15) is 0 Å². The van der Waals surface area contributed by atoms with E-state index in [1.165, 1.54) is 6.33 Å². The largest absolute Gasteiger partial charge is 0.474 e. The van der Waals surface area contributed by atoms with Crippen LogP contribution in [0.5, 0.6) is 5.88 Å². The molecule has 17 heavy (non-hydrogen) atoms. The Morgan fingerprint density at radius 3 is 2.76 bits per heavy atom. The lowest BCUT2D eigenvalue weighted by molar-refractivity contribution is 0.0540. The summed E-state index contributed by atoms with van der Waals surface area (Å²) >= 11 is 3.41. The summed E-state index contributed by atoms with van der Waals surface area (Å²) in [4.78, 5) is 8.17. The van der Waals surface area contributed by atoms with Gasteiger partial charge in [-0.15, -0.1) is 0 Å². The van der Waals surface area contributed by atoms with E-state index in [0.29, 0.717) is 19.1 Å². The average molecular weight is 304 g/mol. The lowest BCUT2D eigenvalue weighted by Crippen LogP contribution is -2.12. The van der Waals surface area contributed by atoms with Crippen LogP contribution < -0.4 is 10.1 Å². The Labute approximate surface area is 110 Å². The van der Waals surface area contributed by atoms with Crippen molar-refractivity contribution in [2.75, 3.05) is 25.1 Å². The molecule has 0 unspecified atom stereocenters. The monoisotopic (exact) mass is 303 g/mol. The molecule has 0 aliphatic heterocycles. The molecule has 0 aromatic carbocycles. The van der Waals surface area contributed by atoms with Crippen LogP contribution in [0.3, 0.4) is 0 Å². The van der Waals surface area contributed by atoms with Gasteiger partial charge in [-0.2, -0.15) is 0 Å². The first-order valence-electron chi connectivity index (χ1n) is 5.64. The van der Waals surface area contributed by atoms with Crippen LogP contribution in [-0.4, -0.2) is 35.8 Å². The molecule has 1 N–H and O–H groups in total. The molecule has 1 aromatic rings. The van der Waals surface area contributed by atoms with Crippen molar-refractivity contribution < 1.29 is 9.47 Å². The first kappa shape index (κ1) is 14.2. The second-order valence-electron chi connectivity index (χ2n) is 3.64. The standard InChI is InChI=1S/C11H18BrN3O2/c1-4-13-10-9(12)11(15-7-14-10)17-6-5-16-8(2)3/h7-8H,4-6H2,1-3H3,(H,13,14,15). The van der Waals surface area contributed by atoms with Crippen molar-refractivity contribution in [2.45, 2.75) is 26.9 Å². The van der Waals surface area contributed by atoms with Gasteiger partial charge in [0.15, 0.2) is 0 Å². The third-order valence-corrected chi connectivity index (χ3v) is 2.59. The predicted octanol–water partition coefficient (Wildman–Crippen LogP) is 2.47. The van der Waals surface area contributed by atoms with Crippen molar-refractivity contribution in [1.82, 2.24) is 9.97 Å². The molecule has 0 atom stereocenters. The molecule has 0 aliphatic rings. The third kappa shape index (κ3) is 4.87. The number of nitrogens with one attached hydrogen (secondary N) is 1. The summed E-state index contributed by atoms with van der Waals surface area (Å²) < 4.78 is 11.6. The van der Waals surface area contributed by atoms with Crippen molar-refractivity contribution in [3.05, 3.63) is 10.8 Å². The summed E-state index contributed by atoms with van der Waals surface area (Å²) in [5.41, 5.74) is 0. The Morgan fingerprint density at radius 2 is 2.12 bits per heavy atom. The van der Waals surface area contributed by atoms with Crippen LogP contribution in [-0.2, 0) is 4.74 Å². The third-order valence-electron chi connectivity index (χ3n) is 1.88. The van der Waals surface area contributed by atoms with Gasteiger partial charge in [0.1, 0.15) is 23.2 Å². The number of nitrogens with zero attached hydrogens (tertiary/aromatic N) is 2. The van der Waals surface area contributed by atoms with E-state index in [0.717, 1.165) is 16.8 Å². The number of rotatable bonds is 7.